The molecule has 0 atom stereocenters. The Labute approximate surface area is 113 Å². The number of carboxylic acids is 1. The molecule has 18 heavy (non-hydrogen) atoms. The minimum Gasteiger partial charge on any atom is -0.480 e. The second-order valence-electron chi connectivity index (χ2n) is 3.71. The molecule has 0 radical (unpaired) electrons. The van der Waals surface area contributed by atoms with Crippen LogP contribution in [-0.4, -0.2) is 22.6 Å². The van der Waals surface area contributed by atoms with E-state index in [9.17, 15) is 4.79 Å². The Morgan fingerprint density at radius 3 is 2.67 bits per heavy atom. The molecule has 0 bridgehead atoms. The number of anilines is 1. The van der Waals surface area contributed by atoms with Crippen molar-refractivity contribution >= 4 is 34.6 Å². The molecule has 0 aliphatic heterocycles. The lowest BCUT2D eigenvalue weighted by Crippen LogP contribution is -2.29. The molecule has 0 spiro atoms. The van der Waals surface area contributed by atoms with E-state index in [1.807, 2.05) is 5.38 Å². The number of nitrogens with zero attached hydrogens (tertiary/aromatic N) is 2. The van der Waals surface area contributed by atoms with Crippen molar-refractivity contribution in [1.29, 1.82) is 0 Å². The maximum absolute atomic E-state index is 10.9. The molecule has 2 rings (SSSR count). The summed E-state index contributed by atoms with van der Waals surface area (Å²) in [5.41, 5.74) is 3.40. The summed E-state index contributed by atoms with van der Waals surface area (Å²) in [6.07, 6.45) is 0. The molecule has 0 aliphatic carbocycles. The average molecular weight is 283 g/mol. The molecule has 1 heterocycles. The lowest BCUT2D eigenvalue weighted by Gasteiger charge is -2.21. The summed E-state index contributed by atoms with van der Waals surface area (Å²) in [6, 6.07) is 7.09. The molecule has 1 aromatic carbocycles. The minimum atomic E-state index is -0.875. The Balaban J connectivity index is 2.19. The molecule has 0 aliphatic rings. The molecule has 0 saturated carbocycles. The normalized spacial score (nSPS) is 10.3. The zero-order valence-electron chi connectivity index (χ0n) is 9.41. The van der Waals surface area contributed by atoms with Crippen molar-refractivity contribution in [3.63, 3.8) is 0 Å². The molecule has 1 N–H and O–H groups in total. The highest BCUT2D eigenvalue weighted by atomic mass is 35.5. The summed E-state index contributed by atoms with van der Waals surface area (Å²) in [5.74, 6) is -0.875. The maximum atomic E-state index is 10.9. The number of aliphatic carboxylic acids is 1. The summed E-state index contributed by atoms with van der Waals surface area (Å²) >= 11 is 7.31. The number of hydrogen-bond donors (Lipinski definition) is 1. The predicted molar refractivity (Wildman–Crippen MR) is 72.3 cm³/mol. The van der Waals surface area contributed by atoms with Gasteiger partial charge in [0, 0.05) is 16.1 Å². The topological polar surface area (TPSA) is 53.4 Å². The van der Waals surface area contributed by atoms with Gasteiger partial charge in [0.15, 0.2) is 0 Å². The van der Waals surface area contributed by atoms with E-state index in [2.05, 4.69) is 4.98 Å². The van der Waals surface area contributed by atoms with Crippen LogP contribution in [0.2, 0.25) is 5.02 Å². The molecular formula is C12H11ClN2O2S. The van der Waals surface area contributed by atoms with Crippen molar-refractivity contribution < 1.29 is 9.90 Å². The summed E-state index contributed by atoms with van der Waals surface area (Å²) in [6.45, 7) is 0.399. The molecule has 2 aromatic rings. The first-order valence-electron chi connectivity index (χ1n) is 5.24. The molecule has 4 nitrogen and oxygen atoms in total. The van der Waals surface area contributed by atoms with Crippen LogP contribution in [0, 0.1) is 0 Å². The van der Waals surface area contributed by atoms with Crippen LogP contribution in [-0.2, 0) is 11.3 Å². The highest BCUT2D eigenvalue weighted by Crippen LogP contribution is 2.20. The molecule has 0 saturated heterocycles. The van der Waals surface area contributed by atoms with Gasteiger partial charge in [0.05, 0.1) is 17.7 Å². The molecule has 0 amide bonds. The van der Waals surface area contributed by atoms with Crippen LogP contribution in [0.3, 0.4) is 0 Å². The lowest BCUT2D eigenvalue weighted by atomic mass is 10.2. The Morgan fingerprint density at radius 2 is 2.11 bits per heavy atom. The fourth-order valence-corrected chi connectivity index (χ4v) is 2.24. The second-order valence-corrected chi connectivity index (χ2v) is 4.86. The van der Waals surface area contributed by atoms with E-state index >= 15 is 0 Å². The van der Waals surface area contributed by atoms with E-state index in [-0.39, 0.29) is 6.54 Å². The van der Waals surface area contributed by atoms with Crippen molar-refractivity contribution in [1.82, 2.24) is 4.98 Å². The Hall–Kier alpha value is -1.59. The van der Waals surface area contributed by atoms with Crippen LogP contribution in [0.1, 0.15) is 5.69 Å². The van der Waals surface area contributed by atoms with Gasteiger partial charge in [-0.15, -0.1) is 11.3 Å². The number of benzene rings is 1. The van der Waals surface area contributed by atoms with Crippen molar-refractivity contribution in [2.24, 2.45) is 0 Å². The fourth-order valence-electron chi connectivity index (χ4n) is 1.56. The second kappa shape index (κ2) is 5.84. The van der Waals surface area contributed by atoms with E-state index in [1.165, 1.54) is 11.3 Å². The third-order valence-electron chi connectivity index (χ3n) is 2.35. The maximum Gasteiger partial charge on any atom is 0.323 e. The standard InChI is InChI=1S/C12H11ClN2O2S/c13-9-1-3-11(4-2-9)15(6-12(16)17)5-10-7-18-8-14-10/h1-4,7-8H,5-6H2,(H,16,17). The van der Waals surface area contributed by atoms with E-state index in [0.29, 0.717) is 11.6 Å². The number of rotatable bonds is 5. The first kappa shape index (κ1) is 12.9. The monoisotopic (exact) mass is 282 g/mol. The van der Waals surface area contributed by atoms with Gasteiger partial charge >= 0.3 is 5.97 Å². The van der Waals surface area contributed by atoms with Crippen molar-refractivity contribution in [2.45, 2.75) is 6.54 Å². The highest BCUT2D eigenvalue weighted by molar-refractivity contribution is 7.07. The summed E-state index contributed by atoms with van der Waals surface area (Å²) in [4.78, 5) is 16.8. The largest absolute Gasteiger partial charge is 0.480 e. The van der Waals surface area contributed by atoms with Crippen LogP contribution in [0.5, 0.6) is 0 Å². The zero-order chi connectivity index (χ0) is 13.0. The van der Waals surface area contributed by atoms with Gasteiger partial charge in [-0.3, -0.25) is 4.79 Å². The number of hydrogen-bond acceptors (Lipinski definition) is 4. The fraction of sp³-hybridized carbons (Fsp3) is 0.167. The first-order chi connectivity index (χ1) is 8.65. The molecule has 1 aromatic heterocycles. The van der Waals surface area contributed by atoms with Crippen molar-refractivity contribution in [3.8, 4) is 0 Å². The van der Waals surface area contributed by atoms with Gasteiger partial charge < -0.3 is 10.0 Å². The number of carbonyl (C=O) groups is 1. The van der Waals surface area contributed by atoms with Gasteiger partial charge in [-0.1, -0.05) is 11.6 Å². The third-order valence-corrected chi connectivity index (χ3v) is 3.24. The van der Waals surface area contributed by atoms with Crippen LogP contribution >= 0.6 is 22.9 Å². The smallest absolute Gasteiger partial charge is 0.323 e. The van der Waals surface area contributed by atoms with E-state index in [4.69, 9.17) is 16.7 Å². The van der Waals surface area contributed by atoms with Gasteiger partial charge in [-0.05, 0) is 24.3 Å². The lowest BCUT2D eigenvalue weighted by molar-refractivity contribution is -0.135. The minimum absolute atomic E-state index is 0.0703. The quantitative estimate of drug-likeness (QED) is 0.916. The SMILES string of the molecule is O=C(O)CN(Cc1cscn1)c1ccc(Cl)cc1. The van der Waals surface area contributed by atoms with Crippen LogP contribution < -0.4 is 4.90 Å². The van der Waals surface area contributed by atoms with E-state index in [0.717, 1.165) is 11.4 Å². The molecule has 94 valence electrons. The number of carboxylic acid groups (broad SMARTS) is 1. The summed E-state index contributed by atoms with van der Waals surface area (Å²) < 4.78 is 0. The zero-order valence-corrected chi connectivity index (χ0v) is 11.0. The Bertz CT molecular complexity index is 513. The van der Waals surface area contributed by atoms with E-state index < -0.39 is 5.97 Å². The van der Waals surface area contributed by atoms with Crippen LogP contribution in [0.15, 0.2) is 35.2 Å². The predicted octanol–water partition coefficient (Wildman–Crippen LogP) is 2.89. The van der Waals surface area contributed by atoms with Gasteiger partial charge in [0.25, 0.3) is 0 Å². The van der Waals surface area contributed by atoms with E-state index in [1.54, 1.807) is 34.7 Å². The Morgan fingerprint density at radius 1 is 1.39 bits per heavy atom. The van der Waals surface area contributed by atoms with Gasteiger partial charge in [-0.25, -0.2) is 4.98 Å². The highest BCUT2D eigenvalue weighted by Gasteiger charge is 2.12. The van der Waals surface area contributed by atoms with Gasteiger partial charge in [-0.2, -0.15) is 0 Å². The summed E-state index contributed by atoms with van der Waals surface area (Å²) in [5, 5.41) is 11.5. The number of thiazole rings is 1. The molecular weight excluding hydrogens is 272 g/mol. The summed E-state index contributed by atoms with van der Waals surface area (Å²) in [7, 11) is 0. The number of aromatic nitrogens is 1. The van der Waals surface area contributed by atoms with Gasteiger partial charge in [0.2, 0.25) is 0 Å². The Kier molecular flexibility index (Phi) is 4.17. The number of halogens is 1. The molecule has 0 unspecified atom stereocenters. The van der Waals surface area contributed by atoms with Crippen LogP contribution in [0.4, 0.5) is 5.69 Å². The van der Waals surface area contributed by atoms with Crippen molar-refractivity contribution in [2.75, 3.05) is 11.4 Å². The van der Waals surface area contributed by atoms with Crippen molar-refractivity contribution in [3.05, 3.63) is 45.9 Å². The molecule has 6 heteroatoms. The van der Waals surface area contributed by atoms with Crippen LogP contribution in [0.25, 0.3) is 0 Å². The average Bonchev–Trinajstić information content (AvgIpc) is 2.81. The first-order valence-corrected chi connectivity index (χ1v) is 6.56. The molecule has 0 fully saturated rings. The third kappa shape index (κ3) is 3.45. The van der Waals surface area contributed by atoms with Gasteiger partial charge in [0.1, 0.15) is 6.54 Å².